The van der Waals surface area contributed by atoms with E-state index in [-0.39, 0.29) is 12.2 Å². The lowest BCUT2D eigenvalue weighted by Gasteiger charge is -2.43. The minimum absolute atomic E-state index is 0.170. The molecule has 5 rings (SSSR count). The van der Waals surface area contributed by atoms with Crippen molar-refractivity contribution in [3.8, 4) is 11.4 Å². The largest absolute Gasteiger partial charge is 0.487 e. The summed E-state index contributed by atoms with van der Waals surface area (Å²) in [5.74, 6) is 1.49. The second kappa shape index (κ2) is 8.92. The minimum atomic E-state index is -0.170. The molecule has 3 aromatic heterocycles. The summed E-state index contributed by atoms with van der Waals surface area (Å²) in [5.41, 5.74) is 1.31. The van der Waals surface area contributed by atoms with Crippen molar-refractivity contribution in [3.63, 3.8) is 0 Å². The summed E-state index contributed by atoms with van der Waals surface area (Å²) in [6.07, 6.45) is 8.80. The Hall–Kier alpha value is -2.90. The molecule has 2 aliphatic rings. The van der Waals surface area contributed by atoms with E-state index in [0.717, 1.165) is 30.3 Å². The van der Waals surface area contributed by atoms with E-state index >= 15 is 0 Å². The molecule has 0 bridgehead atoms. The van der Waals surface area contributed by atoms with Crippen molar-refractivity contribution in [3.05, 3.63) is 76.1 Å². The summed E-state index contributed by atoms with van der Waals surface area (Å²) in [6.45, 7) is 2.31. The van der Waals surface area contributed by atoms with Crippen LogP contribution in [-0.2, 0) is 6.61 Å². The van der Waals surface area contributed by atoms with Crippen molar-refractivity contribution < 1.29 is 4.74 Å². The van der Waals surface area contributed by atoms with E-state index in [1.54, 1.807) is 41.4 Å². The van der Waals surface area contributed by atoms with Gasteiger partial charge in [-0.05, 0) is 56.6 Å². The molecule has 0 spiro atoms. The topological polar surface area (TPSA) is 63.5 Å². The molecule has 7 nitrogen and oxygen atoms in total. The van der Waals surface area contributed by atoms with Crippen LogP contribution >= 0.6 is 11.6 Å². The highest BCUT2D eigenvalue weighted by molar-refractivity contribution is 6.30. The Balaban J connectivity index is 1.29. The fourth-order valence-corrected chi connectivity index (χ4v) is 4.90. The summed E-state index contributed by atoms with van der Waals surface area (Å²) in [7, 11) is 2.22. The third-order valence-corrected chi connectivity index (χ3v) is 6.70. The van der Waals surface area contributed by atoms with Crippen LogP contribution in [0.25, 0.3) is 5.69 Å². The minimum Gasteiger partial charge on any atom is -0.487 e. The van der Waals surface area contributed by atoms with Gasteiger partial charge in [-0.1, -0.05) is 11.6 Å². The molecular formula is C24H26ClN5O2. The maximum atomic E-state index is 12.7. The molecule has 1 saturated heterocycles. The number of likely N-dealkylation sites (N-methyl/N-ethyl adjacent to an activating group) is 1. The maximum Gasteiger partial charge on any atom is 0.258 e. The number of nitrogens with zero attached hydrogens (tertiary/aromatic N) is 5. The smallest absolute Gasteiger partial charge is 0.258 e. The Bertz CT molecular complexity index is 1130. The summed E-state index contributed by atoms with van der Waals surface area (Å²) >= 11 is 5.85. The van der Waals surface area contributed by atoms with E-state index in [0.29, 0.717) is 22.9 Å². The van der Waals surface area contributed by atoms with Crippen LogP contribution in [0, 0.1) is 0 Å². The van der Waals surface area contributed by atoms with Crippen LogP contribution in [0.15, 0.2) is 59.8 Å². The van der Waals surface area contributed by atoms with Gasteiger partial charge in [-0.25, -0.2) is 4.98 Å². The number of anilines is 1. The molecule has 0 amide bonds. The number of aromatic nitrogens is 3. The van der Waals surface area contributed by atoms with E-state index in [4.69, 9.17) is 21.3 Å². The van der Waals surface area contributed by atoms with Gasteiger partial charge in [0, 0.05) is 43.6 Å². The molecule has 166 valence electrons. The van der Waals surface area contributed by atoms with E-state index in [1.807, 2.05) is 12.1 Å². The lowest BCUT2D eigenvalue weighted by atomic mass is 10.1. The first-order chi connectivity index (χ1) is 15.6. The van der Waals surface area contributed by atoms with Gasteiger partial charge in [0.15, 0.2) is 0 Å². The monoisotopic (exact) mass is 451 g/mol. The highest BCUT2D eigenvalue weighted by Gasteiger charge is 2.38. The maximum absolute atomic E-state index is 12.7. The number of ether oxygens (including phenoxy) is 1. The van der Waals surface area contributed by atoms with Gasteiger partial charge in [0.05, 0.1) is 22.6 Å². The summed E-state index contributed by atoms with van der Waals surface area (Å²) in [4.78, 5) is 26.5. The molecular weight excluding hydrogens is 426 g/mol. The number of fused-ring (bicyclic) bond motifs is 1. The van der Waals surface area contributed by atoms with Crippen molar-refractivity contribution in [1.29, 1.82) is 0 Å². The fourth-order valence-electron chi connectivity index (χ4n) is 4.78. The van der Waals surface area contributed by atoms with Gasteiger partial charge in [0.25, 0.3) is 5.56 Å². The standard InChI is InChI=1S/C24H26ClN5O2/c1-28-11-12-30(22-4-2-3-21(22)28)23-8-7-19(15-27-23)29-10-9-20(13-24(29)31)32-16-18-6-5-17(25)14-26-18/h5-10,13-15,21-22H,2-4,11-12,16H2,1H3. The van der Waals surface area contributed by atoms with Gasteiger partial charge in [-0.3, -0.25) is 19.2 Å². The zero-order valence-corrected chi connectivity index (χ0v) is 18.8. The van der Waals surface area contributed by atoms with Crippen LogP contribution in [0.1, 0.15) is 25.0 Å². The molecule has 3 aromatic rings. The Morgan fingerprint density at radius 3 is 2.69 bits per heavy atom. The number of halogens is 1. The van der Waals surface area contributed by atoms with Crippen LogP contribution in [0.5, 0.6) is 5.75 Å². The second-order valence-electron chi connectivity index (χ2n) is 8.44. The predicted octanol–water partition coefficient (Wildman–Crippen LogP) is 3.53. The lowest BCUT2D eigenvalue weighted by Crippen LogP contribution is -2.56. The number of rotatable bonds is 5. The average molecular weight is 452 g/mol. The summed E-state index contributed by atoms with van der Waals surface area (Å²) in [6, 6.07) is 11.9. The lowest BCUT2D eigenvalue weighted by molar-refractivity contribution is 0.193. The van der Waals surface area contributed by atoms with Crippen LogP contribution < -0.4 is 15.2 Å². The molecule has 1 saturated carbocycles. The van der Waals surface area contributed by atoms with Gasteiger partial charge in [-0.2, -0.15) is 0 Å². The quantitative estimate of drug-likeness (QED) is 0.591. The molecule has 0 aromatic carbocycles. The van der Waals surface area contributed by atoms with Crippen molar-refractivity contribution in [1.82, 2.24) is 19.4 Å². The number of hydrogen-bond donors (Lipinski definition) is 0. The zero-order valence-electron chi connectivity index (χ0n) is 18.0. The van der Waals surface area contributed by atoms with Crippen molar-refractivity contribution >= 4 is 17.4 Å². The van der Waals surface area contributed by atoms with Crippen LogP contribution in [-0.4, -0.2) is 51.7 Å². The van der Waals surface area contributed by atoms with Gasteiger partial charge in [0.1, 0.15) is 18.2 Å². The summed E-state index contributed by atoms with van der Waals surface area (Å²) < 4.78 is 7.28. The molecule has 2 unspecified atom stereocenters. The van der Waals surface area contributed by atoms with Crippen molar-refractivity contribution in [2.45, 2.75) is 38.0 Å². The molecule has 2 fully saturated rings. The first kappa shape index (κ1) is 21.0. The second-order valence-corrected chi connectivity index (χ2v) is 8.88. The fraction of sp³-hybridized carbons (Fsp3) is 0.375. The number of pyridine rings is 3. The number of piperazine rings is 1. The van der Waals surface area contributed by atoms with Gasteiger partial charge in [-0.15, -0.1) is 0 Å². The molecule has 2 atom stereocenters. The third-order valence-electron chi connectivity index (χ3n) is 6.48. The number of hydrogen-bond acceptors (Lipinski definition) is 6. The van der Waals surface area contributed by atoms with Crippen molar-refractivity contribution in [2.75, 3.05) is 25.0 Å². The molecule has 1 aliphatic heterocycles. The molecule has 0 radical (unpaired) electrons. The molecule has 8 heteroatoms. The summed E-state index contributed by atoms with van der Waals surface area (Å²) in [5, 5.41) is 0.576. The molecule has 1 aliphatic carbocycles. The molecule has 0 N–H and O–H groups in total. The van der Waals surface area contributed by atoms with E-state index in [9.17, 15) is 4.79 Å². The Labute approximate surface area is 192 Å². The highest BCUT2D eigenvalue weighted by Crippen LogP contribution is 2.33. The molecule has 4 heterocycles. The van der Waals surface area contributed by atoms with Crippen molar-refractivity contribution in [2.24, 2.45) is 0 Å². The van der Waals surface area contributed by atoms with Gasteiger partial charge < -0.3 is 9.64 Å². The predicted molar refractivity (Wildman–Crippen MR) is 125 cm³/mol. The first-order valence-electron chi connectivity index (χ1n) is 11.0. The van der Waals surface area contributed by atoms with Crippen LogP contribution in [0.3, 0.4) is 0 Å². The van der Waals surface area contributed by atoms with E-state index in [2.05, 4.69) is 21.8 Å². The van der Waals surface area contributed by atoms with Gasteiger partial charge in [0.2, 0.25) is 0 Å². The average Bonchev–Trinajstić information content (AvgIpc) is 3.30. The van der Waals surface area contributed by atoms with Crippen LogP contribution in [0.4, 0.5) is 5.82 Å². The van der Waals surface area contributed by atoms with Gasteiger partial charge >= 0.3 is 0 Å². The van der Waals surface area contributed by atoms with E-state index < -0.39 is 0 Å². The SMILES string of the molecule is CN1CCN(c2ccc(-n3ccc(OCc4ccc(Cl)cn4)cc3=O)cn2)C2CCCC21. The van der Waals surface area contributed by atoms with Crippen LogP contribution in [0.2, 0.25) is 5.02 Å². The third kappa shape index (κ3) is 4.23. The Morgan fingerprint density at radius 1 is 1.06 bits per heavy atom. The molecule has 32 heavy (non-hydrogen) atoms. The zero-order chi connectivity index (χ0) is 22.1. The Morgan fingerprint density at radius 2 is 1.94 bits per heavy atom. The first-order valence-corrected chi connectivity index (χ1v) is 11.4. The van der Waals surface area contributed by atoms with E-state index in [1.165, 1.54) is 25.3 Å². The normalized spacial score (nSPS) is 20.9. The Kier molecular flexibility index (Phi) is 5.85. The highest BCUT2D eigenvalue weighted by atomic mass is 35.5.